The zero-order chi connectivity index (χ0) is 17.6. The number of carboxylic acid groups (broad SMARTS) is 1. The number of carboxylic acids is 1. The van der Waals surface area contributed by atoms with Gasteiger partial charge < -0.3 is 9.84 Å². The Morgan fingerprint density at radius 2 is 2.00 bits per heavy atom. The number of thiazole rings is 1. The van der Waals surface area contributed by atoms with Gasteiger partial charge in [-0.05, 0) is 48.4 Å². The molecule has 3 rings (SSSR count). The Morgan fingerprint density at radius 3 is 2.68 bits per heavy atom. The molecule has 0 aliphatic carbocycles. The summed E-state index contributed by atoms with van der Waals surface area (Å²) in [6, 6.07) is 15.1. The zero-order valence-corrected chi connectivity index (χ0v) is 14.4. The first-order valence-electron chi connectivity index (χ1n) is 7.79. The van der Waals surface area contributed by atoms with Crippen LogP contribution in [0.3, 0.4) is 0 Å². The summed E-state index contributed by atoms with van der Waals surface area (Å²) in [4.78, 5) is 15.0. The molecule has 2 N–H and O–H groups in total. The number of benzene rings is 2. The van der Waals surface area contributed by atoms with Crippen molar-refractivity contribution in [1.29, 1.82) is 0 Å². The Kier molecular flexibility index (Phi) is 5.25. The van der Waals surface area contributed by atoms with Crippen molar-refractivity contribution in [1.82, 2.24) is 4.98 Å². The van der Waals surface area contributed by atoms with Crippen LogP contribution in [0.15, 0.2) is 53.6 Å². The number of carbonyl (C=O) groups is 1. The standard InChI is InChI=1S/C18H17N3O3S/c1-2-14(12-7-9-13(10-8-12)24-11-17(22)23)20-21-18-19-15-5-3-4-6-16(15)25-18/h3-10H,2,11H2,1H3,(H,19,21)(H,22,23)/b20-14+. The van der Waals surface area contributed by atoms with E-state index in [1.807, 2.05) is 43.3 Å². The number of hydrogen-bond donors (Lipinski definition) is 2. The summed E-state index contributed by atoms with van der Waals surface area (Å²) in [5.41, 5.74) is 5.79. The van der Waals surface area contributed by atoms with Crippen molar-refractivity contribution in [2.24, 2.45) is 5.10 Å². The second-order valence-electron chi connectivity index (χ2n) is 5.22. The predicted molar refractivity (Wildman–Crippen MR) is 99.6 cm³/mol. The van der Waals surface area contributed by atoms with E-state index < -0.39 is 5.97 Å². The van der Waals surface area contributed by atoms with Gasteiger partial charge >= 0.3 is 5.97 Å². The molecule has 0 aliphatic heterocycles. The molecule has 128 valence electrons. The number of hydrazone groups is 1. The molecule has 0 radical (unpaired) electrons. The third-order valence-corrected chi connectivity index (χ3v) is 4.41. The first kappa shape index (κ1) is 16.9. The number of ether oxygens (including phenoxy) is 1. The molecule has 0 saturated carbocycles. The first-order valence-corrected chi connectivity index (χ1v) is 8.60. The molecular formula is C18H17N3O3S. The van der Waals surface area contributed by atoms with Crippen LogP contribution < -0.4 is 10.2 Å². The van der Waals surface area contributed by atoms with E-state index in [-0.39, 0.29) is 6.61 Å². The van der Waals surface area contributed by atoms with Crippen molar-refractivity contribution in [2.45, 2.75) is 13.3 Å². The number of rotatable bonds is 7. The van der Waals surface area contributed by atoms with Gasteiger partial charge in [-0.1, -0.05) is 30.4 Å². The molecule has 0 aliphatic rings. The smallest absolute Gasteiger partial charge is 0.341 e. The molecule has 25 heavy (non-hydrogen) atoms. The number of aromatic nitrogens is 1. The number of hydrogen-bond acceptors (Lipinski definition) is 6. The molecule has 1 aromatic heterocycles. The van der Waals surface area contributed by atoms with Crippen LogP contribution in [-0.2, 0) is 4.79 Å². The average Bonchev–Trinajstić information content (AvgIpc) is 3.04. The molecule has 0 atom stereocenters. The maximum absolute atomic E-state index is 10.5. The fourth-order valence-electron chi connectivity index (χ4n) is 2.27. The molecule has 0 bridgehead atoms. The van der Waals surface area contributed by atoms with Crippen LogP contribution >= 0.6 is 11.3 Å². The summed E-state index contributed by atoms with van der Waals surface area (Å²) >= 11 is 1.55. The summed E-state index contributed by atoms with van der Waals surface area (Å²) < 4.78 is 6.24. The molecule has 0 fully saturated rings. The highest BCUT2D eigenvalue weighted by molar-refractivity contribution is 7.22. The molecule has 0 amide bonds. The van der Waals surface area contributed by atoms with Crippen molar-refractivity contribution in [3.05, 3.63) is 54.1 Å². The van der Waals surface area contributed by atoms with Crippen LogP contribution in [0.4, 0.5) is 5.13 Å². The van der Waals surface area contributed by atoms with Gasteiger partial charge in [0.05, 0.1) is 15.9 Å². The van der Waals surface area contributed by atoms with Gasteiger partial charge in [0, 0.05) is 0 Å². The van der Waals surface area contributed by atoms with E-state index in [2.05, 4.69) is 15.5 Å². The van der Waals surface area contributed by atoms with Gasteiger partial charge in [-0.2, -0.15) is 5.10 Å². The highest BCUT2D eigenvalue weighted by atomic mass is 32.1. The number of nitrogens with zero attached hydrogens (tertiary/aromatic N) is 2. The summed E-state index contributed by atoms with van der Waals surface area (Å²) in [6.07, 6.45) is 0.743. The van der Waals surface area contributed by atoms with Crippen molar-refractivity contribution >= 4 is 38.4 Å². The van der Waals surface area contributed by atoms with Crippen molar-refractivity contribution in [2.75, 3.05) is 12.0 Å². The highest BCUT2D eigenvalue weighted by Gasteiger charge is 2.05. The van der Waals surface area contributed by atoms with Crippen LogP contribution in [-0.4, -0.2) is 28.4 Å². The summed E-state index contributed by atoms with van der Waals surface area (Å²) in [6.45, 7) is 1.67. The largest absolute Gasteiger partial charge is 0.482 e. The van der Waals surface area contributed by atoms with Crippen LogP contribution in [0.2, 0.25) is 0 Å². The van der Waals surface area contributed by atoms with Gasteiger partial charge in [-0.15, -0.1) is 0 Å². The molecule has 0 saturated heterocycles. The normalized spacial score (nSPS) is 11.5. The Labute approximate surface area is 148 Å². The lowest BCUT2D eigenvalue weighted by Crippen LogP contribution is -2.09. The molecule has 0 spiro atoms. The van der Waals surface area contributed by atoms with Crippen LogP contribution in [0.1, 0.15) is 18.9 Å². The second-order valence-corrected chi connectivity index (χ2v) is 6.25. The van der Waals surface area contributed by atoms with E-state index in [9.17, 15) is 4.79 Å². The highest BCUT2D eigenvalue weighted by Crippen LogP contribution is 2.25. The fraction of sp³-hybridized carbons (Fsp3) is 0.167. The van der Waals surface area contributed by atoms with Gasteiger partial charge in [-0.25, -0.2) is 9.78 Å². The molecule has 3 aromatic rings. The summed E-state index contributed by atoms with van der Waals surface area (Å²) in [5.74, 6) is -0.486. The number of fused-ring (bicyclic) bond motifs is 1. The minimum Gasteiger partial charge on any atom is -0.482 e. The lowest BCUT2D eigenvalue weighted by molar-refractivity contribution is -0.139. The lowest BCUT2D eigenvalue weighted by atomic mass is 10.1. The molecule has 2 aromatic carbocycles. The first-order chi connectivity index (χ1) is 12.2. The van der Waals surface area contributed by atoms with E-state index in [4.69, 9.17) is 9.84 Å². The van der Waals surface area contributed by atoms with E-state index in [1.54, 1.807) is 23.5 Å². The topological polar surface area (TPSA) is 83.8 Å². The van der Waals surface area contributed by atoms with Crippen LogP contribution in [0.25, 0.3) is 10.2 Å². The SMILES string of the molecule is CC/C(=N\Nc1nc2ccccc2s1)c1ccc(OCC(=O)O)cc1. The van der Waals surface area contributed by atoms with E-state index >= 15 is 0 Å². The Hall–Kier alpha value is -2.93. The van der Waals surface area contributed by atoms with Crippen LogP contribution in [0.5, 0.6) is 5.75 Å². The van der Waals surface area contributed by atoms with Crippen molar-refractivity contribution in [3.63, 3.8) is 0 Å². The number of aliphatic carboxylic acids is 1. The maximum atomic E-state index is 10.5. The third kappa shape index (κ3) is 4.33. The lowest BCUT2D eigenvalue weighted by Gasteiger charge is -2.07. The van der Waals surface area contributed by atoms with E-state index in [0.29, 0.717) is 5.75 Å². The third-order valence-electron chi connectivity index (χ3n) is 3.47. The van der Waals surface area contributed by atoms with Gasteiger partial charge in [0.15, 0.2) is 6.61 Å². The second kappa shape index (κ2) is 7.76. The number of anilines is 1. The van der Waals surface area contributed by atoms with Crippen LogP contribution in [0, 0.1) is 0 Å². The maximum Gasteiger partial charge on any atom is 0.341 e. The number of para-hydroxylation sites is 1. The zero-order valence-electron chi connectivity index (χ0n) is 13.6. The van der Waals surface area contributed by atoms with Gasteiger partial charge in [-0.3, -0.25) is 5.43 Å². The monoisotopic (exact) mass is 355 g/mol. The minimum absolute atomic E-state index is 0.354. The predicted octanol–water partition coefficient (Wildman–Crippen LogP) is 3.99. The molecule has 1 heterocycles. The van der Waals surface area contributed by atoms with Gasteiger partial charge in [0.1, 0.15) is 5.75 Å². The molecule has 7 heteroatoms. The number of nitrogens with one attached hydrogen (secondary N) is 1. The quantitative estimate of drug-likeness (QED) is 0.495. The Bertz CT molecular complexity index is 870. The minimum atomic E-state index is -1.00. The van der Waals surface area contributed by atoms with Gasteiger partial charge in [0.2, 0.25) is 5.13 Å². The van der Waals surface area contributed by atoms with E-state index in [1.165, 1.54) is 0 Å². The fourth-order valence-corrected chi connectivity index (χ4v) is 3.08. The van der Waals surface area contributed by atoms with Crippen molar-refractivity contribution in [3.8, 4) is 5.75 Å². The van der Waals surface area contributed by atoms with Crippen molar-refractivity contribution < 1.29 is 14.6 Å². The van der Waals surface area contributed by atoms with E-state index in [0.717, 1.165) is 33.0 Å². The summed E-state index contributed by atoms with van der Waals surface area (Å²) in [5, 5.41) is 13.8. The van der Waals surface area contributed by atoms with Gasteiger partial charge in [0.25, 0.3) is 0 Å². The molecule has 6 nitrogen and oxygen atoms in total. The molecule has 0 unspecified atom stereocenters. The average molecular weight is 355 g/mol. The Balaban J connectivity index is 1.72. The Morgan fingerprint density at radius 1 is 1.24 bits per heavy atom. The molecular weight excluding hydrogens is 338 g/mol. The summed E-state index contributed by atoms with van der Waals surface area (Å²) in [7, 11) is 0.